The van der Waals surface area contributed by atoms with E-state index in [0.29, 0.717) is 5.71 Å². The fraction of sp³-hybridized carbons (Fsp3) is 0. The highest BCUT2D eigenvalue weighted by Crippen LogP contribution is 2.33. The van der Waals surface area contributed by atoms with Gasteiger partial charge in [-0.05, 0) is 93.1 Å². The van der Waals surface area contributed by atoms with Crippen LogP contribution >= 0.6 is 0 Å². The standard InChI is InChI=1S/C44H31N5/c45-41-4-2-1-3-40(41)42-18-17-38(29-48-42)32-5-7-33(8-6-32)39-27-43(36-13-9-30(10-14-36)34-19-23-46-24-20-34)49-44(28-39)37-15-11-31(12-16-37)35-21-25-47-26-22-35/h1-29,45,48H. The Labute approximate surface area is 285 Å². The van der Waals surface area contributed by atoms with Crippen LogP contribution in [0.5, 0.6) is 0 Å². The summed E-state index contributed by atoms with van der Waals surface area (Å²) in [4.78, 5) is 13.5. The van der Waals surface area contributed by atoms with Crippen molar-refractivity contribution in [2.45, 2.75) is 0 Å². The van der Waals surface area contributed by atoms with E-state index < -0.39 is 0 Å². The molecule has 0 saturated carbocycles. The van der Waals surface area contributed by atoms with Crippen LogP contribution in [0.25, 0.3) is 61.5 Å². The molecule has 0 saturated heterocycles. The Morgan fingerprint density at radius 2 is 0.878 bits per heavy atom. The minimum atomic E-state index is 0.501. The van der Waals surface area contributed by atoms with Gasteiger partial charge in [-0.1, -0.05) is 97.1 Å². The molecule has 5 heteroatoms. The van der Waals surface area contributed by atoms with Crippen molar-refractivity contribution in [1.82, 2.24) is 20.3 Å². The minimum absolute atomic E-state index is 0.501. The molecule has 1 aliphatic heterocycles. The van der Waals surface area contributed by atoms with Crippen molar-refractivity contribution >= 4 is 11.3 Å². The van der Waals surface area contributed by atoms with Crippen molar-refractivity contribution in [1.29, 1.82) is 5.41 Å². The second-order valence-corrected chi connectivity index (χ2v) is 11.9. The van der Waals surface area contributed by atoms with Gasteiger partial charge in [0.1, 0.15) is 0 Å². The van der Waals surface area contributed by atoms with Gasteiger partial charge >= 0.3 is 0 Å². The molecule has 6 aromatic rings. The van der Waals surface area contributed by atoms with Gasteiger partial charge in [-0.3, -0.25) is 9.97 Å². The fourth-order valence-corrected chi connectivity index (χ4v) is 6.09. The van der Waals surface area contributed by atoms with Crippen LogP contribution in [0.1, 0.15) is 5.56 Å². The van der Waals surface area contributed by atoms with Crippen molar-refractivity contribution in [3.05, 3.63) is 193 Å². The van der Waals surface area contributed by atoms with Gasteiger partial charge in [0.2, 0.25) is 0 Å². The van der Waals surface area contributed by atoms with E-state index in [-0.39, 0.29) is 0 Å². The van der Waals surface area contributed by atoms with Crippen molar-refractivity contribution in [2.24, 2.45) is 0 Å². The van der Waals surface area contributed by atoms with E-state index in [0.717, 1.165) is 78.3 Å². The molecule has 0 unspecified atom stereocenters. The molecule has 1 aliphatic carbocycles. The maximum Gasteiger partial charge on any atom is 0.0715 e. The van der Waals surface area contributed by atoms with Gasteiger partial charge in [-0.15, -0.1) is 0 Å². The SMILES string of the molecule is N=C1C=CC=CC1=C1C=CC(c2ccc(-c3cc(-c4ccc(-c5ccncc5)cc4)nc(-c4ccc(-c5ccncc5)cc4)c3)cc2)=CN1. The van der Waals surface area contributed by atoms with E-state index in [9.17, 15) is 0 Å². The summed E-state index contributed by atoms with van der Waals surface area (Å²) in [6.45, 7) is 0. The van der Waals surface area contributed by atoms with Crippen LogP contribution in [-0.2, 0) is 0 Å². The van der Waals surface area contributed by atoms with Crippen molar-refractivity contribution in [3.63, 3.8) is 0 Å². The second kappa shape index (κ2) is 13.2. The summed E-state index contributed by atoms with van der Waals surface area (Å²) in [6, 6.07) is 38.2. The molecule has 232 valence electrons. The molecule has 2 N–H and O–H groups in total. The monoisotopic (exact) mass is 629 g/mol. The van der Waals surface area contributed by atoms with Gasteiger partial charge in [-0.2, -0.15) is 0 Å². The van der Waals surface area contributed by atoms with Crippen molar-refractivity contribution in [3.8, 4) is 55.9 Å². The Kier molecular flexibility index (Phi) is 7.98. The minimum Gasteiger partial charge on any atom is -0.361 e. The van der Waals surface area contributed by atoms with Crippen molar-refractivity contribution < 1.29 is 0 Å². The lowest BCUT2D eigenvalue weighted by Gasteiger charge is -2.16. The van der Waals surface area contributed by atoms with Crippen LogP contribution in [0.15, 0.2) is 188 Å². The fourth-order valence-electron chi connectivity index (χ4n) is 6.09. The van der Waals surface area contributed by atoms with Gasteiger partial charge in [0, 0.05) is 53.4 Å². The van der Waals surface area contributed by atoms with Gasteiger partial charge in [0.15, 0.2) is 0 Å². The normalized spacial score (nSPS) is 15.2. The molecular formula is C44H31N5. The lowest BCUT2D eigenvalue weighted by molar-refractivity contribution is 1.09. The number of dihydropyridines is 1. The third-order valence-electron chi connectivity index (χ3n) is 8.80. The summed E-state index contributed by atoms with van der Waals surface area (Å²) < 4.78 is 0. The quantitative estimate of drug-likeness (QED) is 0.192. The Morgan fingerprint density at radius 1 is 0.429 bits per heavy atom. The lowest BCUT2D eigenvalue weighted by atomic mass is 9.96. The summed E-state index contributed by atoms with van der Waals surface area (Å²) in [5, 5.41) is 11.6. The molecule has 3 aromatic carbocycles. The highest BCUT2D eigenvalue weighted by Gasteiger charge is 2.13. The molecule has 0 bridgehead atoms. The number of aromatic nitrogens is 3. The molecule has 4 heterocycles. The first-order valence-electron chi connectivity index (χ1n) is 16.2. The Bertz CT molecular complexity index is 2210. The molecule has 0 atom stereocenters. The third-order valence-corrected chi connectivity index (χ3v) is 8.80. The predicted molar refractivity (Wildman–Crippen MR) is 200 cm³/mol. The van der Waals surface area contributed by atoms with E-state index in [2.05, 4.69) is 106 Å². The summed E-state index contributed by atoms with van der Waals surface area (Å²) in [5.41, 5.74) is 15.2. The summed E-state index contributed by atoms with van der Waals surface area (Å²) >= 11 is 0. The molecule has 5 nitrogen and oxygen atoms in total. The number of benzene rings is 3. The maximum absolute atomic E-state index is 8.23. The summed E-state index contributed by atoms with van der Waals surface area (Å²) in [5.74, 6) is 0. The molecule has 2 aliphatic rings. The molecular weight excluding hydrogens is 599 g/mol. The first kappa shape index (κ1) is 29.7. The van der Waals surface area contributed by atoms with E-state index in [4.69, 9.17) is 10.4 Å². The molecule has 49 heavy (non-hydrogen) atoms. The van der Waals surface area contributed by atoms with Crippen LogP contribution in [0.2, 0.25) is 0 Å². The highest BCUT2D eigenvalue weighted by molar-refractivity contribution is 6.10. The smallest absolute Gasteiger partial charge is 0.0715 e. The Morgan fingerprint density at radius 3 is 1.37 bits per heavy atom. The molecule has 8 rings (SSSR count). The lowest BCUT2D eigenvalue weighted by Crippen LogP contribution is -2.14. The van der Waals surface area contributed by atoms with Gasteiger partial charge < -0.3 is 10.7 Å². The van der Waals surface area contributed by atoms with Crippen LogP contribution in [0.3, 0.4) is 0 Å². The van der Waals surface area contributed by atoms with E-state index >= 15 is 0 Å². The Balaban J connectivity index is 1.12. The average Bonchev–Trinajstić information content (AvgIpc) is 3.19. The number of allylic oxidation sites excluding steroid dienone is 8. The third kappa shape index (κ3) is 6.33. The van der Waals surface area contributed by atoms with Gasteiger partial charge in [0.25, 0.3) is 0 Å². The molecule has 0 amide bonds. The number of rotatable bonds is 6. The van der Waals surface area contributed by atoms with E-state index in [1.54, 1.807) is 6.08 Å². The second-order valence-electron chi connectivity index (χ2n) is 11.9. The number of hydrogen-bond donors (Lipinski definition) is 2. The van der Waals surface area contributed by atoms with Crippen LogP contribution in [0, 0.1) is 5.41 Å². The van der Waals surface area contributed by atoms with Crippen molar-refractivity contribution in [2.75, 3.05) is 0 Å². The highest BCUT2D eigenvalue weighted by atomic mass is 14.9. The predicted octanol–water partition coefficient (Wildman–Crippen LogP) is 10.1. The van der Waals surface area contributed by atoms with E-state index in [1.165, 1.54) is 0 Å². The summed E-state index contributed by atoms with van der Waals surface area (Å²) in [6.07, 6.45) is 21.0. The molecule has 3 aromatic heterocycles. The van der Waals surface area contributed by atoms with Crippen LogP contribution in [0.4, 0.5) is 0 Å². The molecule has 0 fully saturated rings. The Hall–Kier alpha value is -6.72. The molecule has 0 radical (unpaired) electrons. The zero-order valence-corrected chi connectivity index (χ0v) is 26.6. The molecule has 0 spiro atoms. The van der Waals surface area contributed by atoms with Crippen LogP contribution in [-0.4, -0.2) is 20.7 Å². The van der Waals surface area contributed by atoms with Gasteiger partial charge in [-0.25, -0.2) is 4.98 Å². The topological polar surface area (TPSA) is 74.5 Å². The average molecular weight is 630 g/mol. The number of nitrogens with zero attached hydrogens (tertiary/aromatic N) is 3. The number of nitrogens with one attached hydrogen (secondary N) is 2. The van der Waals surface area contributed by atoms with Crippen LogP contribution < -0.4 is 5.32 Å². The number of hydrogen-bond acceptors (Lipinski definition) is 5. The maximum atomic E-state index is 8.23. The van der Waals surface area contributed by atoms with Gasteiger partial charge in [0.05, 0.1) is 17.1 Å². The van der Waals surface area contributed by atoms with E-state index in [1.807, 2.05) is 79.6 Å². The first-order chi connectivity index (χ1) is 24.2. The number of pyridine rings is 3. The largest absolute Gasteiger partial charge is 0.361 e. The zero-order valence-electron chi connectivity index (χ0n) is 26.6. The summed E-state index contributed by atoms with van der Waals surface area (Å²) in [7, 11) is 0. The first-order valence-corrected chi connectivity index (χ1v) is 16.2. The zero-order chi connectivity index (χ0) is 33.0.